The zero-order chi connectivity index (χ0) is 30.6. The van der Waals surface area contributed by atoms with E-state index in [4.69, 9.17) is 24.5 Å². The number of rotatable bonds is 26. The van der Waals surface area contributed by atoms with Gasteiger partial charge >= 0.3 is 7.60 Å². The molecule has 11 nitrogen and oxygen atoms in total. The van der Waals surface area contributed by atoms with Crippen LogP contribution in [0.15, 0.2) is 12.7 Å². The van der Waals surface area contributed by atoms with Crippen molar-refractivity contribution >= 4 is 24.6 Å². The highest BCUT2D eigenvalue weighted by Crippen LogP contribution is 2.44. The summed E-state index contributed by atoms with van der Waals surface area (Å²) in [5.74, 6) is 0.281. The number of hydrogen-bond acceptors (Lipinski definition) is 9. The van der Waals surface area contributed by atoms with Crippen LogP contribution < -0.4 is 5.73 Å². The summed E-state index contributed by atoms with van der Waals surface area (Å²) in [6.45, 7) is 6.37. The van der Waals surface area contributed by atoms with Crippen molar-refractivity contribution in [2.75, 3.05) is 25.8 Å². The molecule has 2 aromatic heterocycles. The molecule has 0 amide bonds. The first-order valence-electron chi connectivity index (χ1n) is 15.9. The van der Waals surface area contributed by atoms with Crippen molar-refractivity contribution in [1.82, 2.24) is 19.5 Å². The molecule has 242 valence electrons. The van der Waals surface area contributed by atoms with Gasteiger partial charge in [0.25, 0.3) is 0 Å². The molecule has 0 aliphatic carbocycles. The van der Waals surface area contributed by atoms with Crippen LogP contribution in [0.5, 0.6) is 0 Å². The van der Waals surface area contributed by atoms with E-state index in [1.54, 1.807) is 17.8 Å². The number of anilines is 1. The summed E-state index contributed by atoms with van der Waals surface area (Å²) in [4.78, 5) is 22.8. The molecule has 12 heteroatoms. The van der Waals surface area contributed by atoms with Crippen molar-refractivity contribution in [1.29, 1.82) is 0 Å². The molecule has 0 aliphatic heterocycles. The average molecular weight is 614 g/mol. The smallest absolute Gasteiger partial charge is 0.355 e. The number of methoxy groups -OCH3 is 1. The molecule has 2 heterocycles. The van der Waals surface area contributed by atoms with Crippen LogP contribution in [0.25, 0.3) is 11.2 Å². The molecule has 0 radical (unpaired) electrons. The second kappa shape index (κ2) is 21.1. The van der Waals surface area contributed by atoms with E-state index in [1.807, 2.05) is 6.92 Å². The van der Waals surface area contributed by atoms with Gasteiger partial charge in [-0.2, -0.15) is 0 Å². The fourth-order valence-corrected chi connectivity index (χ4v) is 6.07. The van der Waals surface area contributed by atoms with E-state index in [-0.39, 0.29) is 18.5 Å². The molecule has 0 spiro atoms. The predicted molar refractivity (Wildman–Crippen MR) is 167 cm³/mol. The number of unbranched alkanes of at least 4 members (excludes halogenated alkanes) is 13. The summed E-state index contributed by atoms with van der Waals surface area (Å²) >= 11 is 0. The van der Waals surface area contributed by atoms with Crippen LogP contribution in [0.2, 0.25) is 0 Å². The second-order valence-corrected chi connectivity index (χ2v) is 13.1. The van der Waals surface area contributed by atoms with E-state index in [1.165, 1.54) is 96.9 Å². The number of aromatic nitrogens is 4. The maximum atomic E-state index is 12.7. The van der Waals surface area contributed by atoms with Gasteiger partial charge in [0, 0.05) is 7.11 Å². The summed E-state index contributed by atoms with van der Waals surface area (Å²) in [6, 6.07) is 0. The molecule has 3 unspecified atom stereocenters. The molecule has 0 saturated carbocycles. The van der Waals surface area contributed by atoms with Gasteiger partial charge < -0.3 is 29.4 Å². The van der Waals surface area contributed by atoms with E-state index in [0.29, 0.717) is 17.7 Å². The van der Waals surface area contributed by atoms with Crippen LogP contribution >= 0.6 is 7.60 Å². The first-order valence-corrected chi connectivity index (χ1v) is 17.7. The Hall–Kier alpha value is -1.62. The molecule has 0 saturated heterocycles. The minimum Gasteiger partial charge on any atom is -0.382 e. The highest BCUT2D eigenvalue weighted by Gasteiger charge is 2.27. The van der Waals surface area contributed by atoms with Crippen LogP contribution in [0.4, 0.5) is 5.82 Å². The normalized spacial score (nSPS) is 15.5. The molecule has 42 heavy (non-hydrogen) atoms. The summed E-state index contributed by atoms with van der Waals surface area (Å²) in [5, 5.41) is 0. The second-order valence-electron chi connectivity index (χ2n) is 11.3. The Morgan fingerprint density at radius 3 is 2.12 bits per heavy atom. The zero-order valence-corrected chi connectivity index (χ0v) is 27.3. The van der Waals surface area contributed by atoms with Crippen molar-refractivity contribution < 1.29 is 28.2 Å². The van der Waals surface area contributed by atoms with E-state index in [0.717, 1.165) is 12.8 Å². The third-order valence-corrected chi connectivity index (χ3v) is 8.46. The van der Waals surface area contributed by atoms with Gasteiger partial charge in [-0.05, 0) is 20.3 Å². The minimum atomic E-state index is -4.06. The highest BCUT2D eigenvalue weighted by molar-refractivity contribution is 7.52. The minimum absolute atomic E-state index is 0.0663. The highest BCUT2D eigenvalue weighted by atomic mass is 31.2. The first-order chi connectivity index (χ1) is 20.3. The van der Waals surface area contributed by atoms with Gasteiger partial charge in [-0.3, -0.25) is 9.09 Å². The first kappa shape index (κ1) is 36.6. The van der Waals surface area contributed by atoms with Crippen molar-refractivity contribution in [2.45, 2.75) is 142 Å². The largest absolute Gasteiger partial charge is 0.382 e. The molecule has 0 fully saturated rings. The molecular formula is C30H56N5O6P. The Labute approximate surface area is 252 Å². The molecule has 2 rings (SSSR count). The summed E-state index contributed by atoms with van der Waals surface area (Å²) in [6.07, 6.45) is 20.4. The van der Waals surface area contributed by atoms with E-state index in [9.17, 15) is 9.46 Å². The van der Waals surface area contributed by atoms with Crippen molar-refractivity contribution in [2.24, 2.45) is 0 Å². The van der Waals surface area contributed by atoms with Gasteiger partial charge in [0.2, 0.25) is 0 Å². The van der Waals surface area contributed by atoms with Crippen LogP contribution in [-0.2, 0) is 29.8 Å². The van der Waals surface area contributed by atoms with Crippen molar-refractivity contribution in [3.8, 4) is 0 Å². The SMILES string of the molecule is CCCCCCCCCCCCCCCCC(C)OC(C)OP(=O)(O)CO[C@H](COC)Cn1cnc2c(N)ncnc21. The Morgan fingerprint density at radius 2 is 1.52 bits per heavy atom. The third kappa shape index (κ3) is 15.2. The van der Waals surface area contributed by atoms with Gasteiger partial charge in [0.15, 0.2) is 17.8 Å². The fraction of sp³-hybridized carbons (Fsp3) is 0.833. The zero-order valence-electron chi connectivity index (χ0n) is 26.4. The molecule has 4 atom stereocenters. The van der Waals surface area contributed by atoms with E-state index < -0.39 is 26.3 Å². The maximum Gasteiger partial charge on any atom is 0.355 e. The molecule has 0 aliphatic rings. The molecule has 2 aromatic rings. The summed E-state index contributed by atoms with van der Waals surface area (Å²) in [7, 11) is -2.53. The Morgan fingerprint density at radius 1 is 0.929 bits per heavy atom. The lowest BCUT2D eigenvalue weighted by atomic mass is 10.0. The van der Waals surface area contributed by atoms with E-state index >= 15 is 0 Å². The fourth-order valence-electron chi connectivity index (χ4n) is 5.10. The van der Waals surface area contributed by atoms with Crippen molar-refractivity contribution in [3.63, 3.8) is 0 Å². The van der Waals surface area contributed by atoms with Gasteiger partial charge in [0.1, 0.15) is 18.2 Å². The number of nitrogens with zero attached hydrogens (tertiary/aromatic N) is 4. The van der Waals surface area contributed by atoms with Crippen LogP contribution in [-0.4, -0.2) is 63.0 Å². The lowest BCUT2D eigenvalue weighted by molar-refractivity contribution is -0.110. The molecule has 3 N–H and O–H groups in total. The lowest BCUT2D eigenvalue weighted by Crippen LogP contribution is -2.26. The van der Waals surface area contributed by atoms with Crippen LogP contribution in [0, 0.1) is 0 Å². The Balaban J connectivity index is 1.57. The van der Waals surface area contributed by atoms with E-state index in [2.05, 4.69) is 21.9 Å². The van der Waals surface area contributed by atoms with Gasteiger partial charge in [-0.25, -0.2) is 15.0 Å². The maximum absolute atomic E-state index is 12.7. The number of imidazole rings is 1. The van der Waals surface area contributed by atoms with Crippen molar-refractivity contribution in [3.05, 3.63) is 12.7 Å². The molecule has 0 aromatic carbocycles. The predicted octanol–water partition coefficient (Wildman–Crippen LogP) is 7.22. The Bertz CT molecular complexity index is 1030. The Kier molecular flexibility index (Phi) is 18.4. The number of nitrogen functional groups attached to an aromatic ring is 1. The monoisotopic (exact) mass is 613 g/mol. The van der Waals surface area contributed by atoms with Crippen LogP contribution in [0.1, 0.15) is 117 Å². The van der Waals surface area contributed by atoms with Gasteiger partial charge in [0.05, 0.1) is 31.7 Å². The molecule has 0 bridgehead atoms. The average Bonchev–Trinajstić information content (AvgIpc) is 3.35. The molecular weight excluding hydrogens is 557 g/mol. The standard InChI is InChI=1S/C30H56N5O6P/c1-5-6-7-8-9-10-11-12-13-14-15-16-17-18-19-25(2)40-26(3)41-42(36,37)24-39-27(21-38-4)20-35-23-34-28-29(31)32-22-33-30(28)35/h22-23,25-27H,5-21,24H2,1-4H3,(H,36,37)(H2,31,32,33)/t25?,26?,27-/m0/s1. The number of ether oxygens (including phenoxy) is 3. The lowest BCUT2D eigenvalue weighted by Gasteiger charge is -2.24. The third-order valence-electron chi connectivity index (χ3n) is 7.36. The number of hydrogen-bond donors (Lipinski definition) is 2. The summed E-state index contributed by atoms with van der Waals surface area (Å²) in [5.41, 5.74) is 6.89. The summed E-state index contributed by atoms with van der Waals surface area (Å²) < 4.78 is 36.6. The number of fused-ring (bicyclic) bond motifs is 1. The number of nitrogens with two attached hydrogens (primary N) is 1. The van der Waals surface area contributed by atoms with Crippen LogP contribution in [0.3, 0.4) is 0 Å². The quantitative estimate of drug-likeness (QED) is 0.0634. The topological polar surface area (TPSA) is 144 Å². The van der Waals surface area contributed by atoms with Gasteiger partial charge in [-0.1, -0.05) is 96.8 Å². The van der Waals surface area contributed by atoms with Gasteiger partial charge in [-0.15, -0.1) is 0 Å².